The zero-order valence-corrected chi connectivity index (χ0v) is 16.7. The van der Waals surface area contributed by atoms with Crippen molar-refractivity contribution in [3.8, 4) is 0 Å². The summed E-state index contributed by atoms with van der Waals surface area (Å²) in [5, 5.41) is 6.24. The first-order chi connectivity index (χ1) is 12.1. The van der Waals surface area contributed by atoms with Crippen molar-refractivity contribution in [1.29, 1.82) is 0 Å². The Morgan fingerprint density at radius 1 is 1.08 bits per heavy atom. The average molecular weight is 361 g/mol. The molecule has 0 aromatic heterocycles. The standard InChI is InChI=1S/C20H32N4O2/c1-15(25)22-18-11-16(13-21-14-20(2,3)4)10-17(12-18)19(26)24-8-6-23(5)7-9-24/h10-12,21H,6-9,13-14H2,1-5H3,(H,22,25). The first-order valence-corrected chi connectivity index (χ1v) is 9.24. The van der Waals surface area contributed by atoms with Crippen LogP contribution in [0.15, 0.2) is 18.2 Å². The molecule has 1 aliphatic rings. The van der Waals surface area contributed by atoms with Gasteiger partial charge < -0.3 is 20.4 Å². The maximum absolute atomic E-state index is 12.9. The molecule has 0 unspecified atom stereocenters. The Morgan fingerprint density at radius 2 is 1.73 bits per heavy atom. The van der Waals surface area contributed by atoms with Crippen LogP contribution < -0.4 is 10.6 Å². The Hall–Kier alpha value is -1.92. The highest BCUT2D eigenvalue weighted by Crippen LogP contribution is 2.18. The summed E-state index contributed by atoms with van der Waals surface area (Å²) in [5.74, 6) is -0.106. The molecule has 1 aliphatic heterocycles. The van der Waals surface area contributed by atoms with Gasteiger partial charge in [-0.2, -0.15) is 0 Å². The zero-order valence-electron chi connectivity index (χ0n) is 16.7. The van der Waals surface area contributed by atoms with Gasteiger partial charge in [0.2, 0.25) is 5.91 Å². The van der Waals surface area contributed by atoms with Crippen LogP contribution in [-0.2, 0) is 11.3 Å². The van der Waals surface area contributed by atoms with E-state index >= 15 is 0 Å². The van der Waals surface area contributed by atoms with Crippen LogP contribution in [0.3, 0.4) is 0 Å². The van der Waals surface area contributed by atoms with Crippen molar-refractivity contribution in [2.75, 3.05) is 45.1 Å². The number of piperazine rings is 1. The molecule has 1 fully saturated rings. The molecule has 26 heavy (non-hydrogen) atoms. The van der Waals surface area contributed by atoms with Gasteiger partial charge >= 0.3 is 0 Å². The summed E-state index contributed by atoms with van der Waals surface area (Å²) >= 11 is 0. The molecule has 0 radical (unpaired) electrons. The van der Waals surface area contributed by atoms with Crippen molar-refractivity contribution >= 4 is 17.5 Å². The molecule has 1 aromatic carbocycles. The molecule has 6 nitrogen and oxygen atoms in total. The maximum Gasteiger partial charge on any atom is 0.254 e. The van der Waals surface area contributed by atoms with Crippen LogP contribution in [0.2, 0.25) is 0 Å². The lowest BCUT2D eigenvalue weighted by molar-refractivity contribution is -0.114. The minimum Gasteiger partial charge on any atom is -0.336 e. The number of carbonyl (C=O) groups excluding carboxylic acids is 2. The molecule has 2 rings (SSSR count). The summed E-state index contributed by atoms with van der Waals surface area (Å²) in [6, 6.07) is 5.63. The molecular formula is C20H32N4O2. The second-order valence-electron chi connectivity index (χ2n) is 8.36. The number of amides is 2. The monoisotopic (exact) mass is 360 g/mol. The van der Waals surface area contributed by atoms with Crippen LogP contribution in [0.1, 0.15) is 43.6 Å². The van der Waals surface area contributed by atoms with Gasteiger partial charge in [0.25, 0.3) is 5.91 Å². The Morgan fingerprint density at radius 3 is 2.31 bits per heavy atom. The predicted molar refractivity (Wildman–Crippen MR) is 105 cm³/mol. The fraction of sp³-hybridized carbons (Fsp3) is 0.600. The highest BCUT2D eigenvalue weighted by molar-refractivity contribution is 5.97. The first-order valence-electron chi connectivity index (χ1n) is 9.24. The van der Waals surface area contributed by atoms with E-state index in [1.54, 1.807) is 6.07 Å². The maximum atomic E-state index is 12.9. The van der Waals surface area contributed by atoms with Crippen molar-refractivity contribution in [1.82, 2.24) is 15.1 Å². The van der Waals surface area contributed by atoms with Gasteiger partial charge in [0.05, 0.1) is 0 Å². The summed E-state index contributed by atoms with van der Waals surface area (Å²) in [6.07, 6.45) is 0. The summed E-state index contributed by atoms with van der Waals surface area (Å²) in [5.41, 5.74) is 2.49. The zero-order chi connectivity index (χ0) is 19.3. The van der Waals surface area contributed by atoms with E-state index in [2.05, 4.69) is 43.4 Å². The third-order valence-corrected chi connectivity index (χ3v) is 4.34. The number of hydrogen-bond donors (Lipinski definition) is 2. The predicted octanol–water partition coefficient (Wildman–Crippen LogP) is 2.17. The number of likely N-dealkylation sites (N-methyl/N-ethyl adjacent to an activating group) is 1. The average Bonchev–Trinajstić information content (AvgIpc) is 2.53. The number of anilines is 1. The third-order valence-electron chi connectivity index (χ3n) is 4.34. The molecule has 1 heterocycles. The second-order valence-corrected chi connectivity index (χ2v) is 8.36. The fourth-order valence-corrected chi connectivity index (χ4v) is 2.97. The lowest BCUT2D eigenvalue weighted by Gasteiger charge is -2.32. The molecule has 2 N–H and O–H groups in total. The van der Waals surface area contributed by atoms with E-state index < -0.39 is 0 Å². The Bertz CT molecular complexity index is 644. The van der Waals surface area contributed by atoms with Crippen LogP contribution in [-0.4, -0.2) is 61.4 Å². The quantitative estimate of drug-likeness (QED) is 0.845. The van der Waals surface area contributed by atoms with Crippen LogP contribution in [0.25, 0.3) is 0 Å². The Balaban J connectivity index is 2.16. The van der Waals surface area contributed by atoms with Crippen molar-refractivity contribution < 1.29 is 9.59 Å². The summed E-state index contributed by atoms with van der Waals surface area (Å²) < 4.78 is 0. The van der Waals surface area contributed by atoms with Gasteiger partial charge in [-0.1, -0.05) is 20.8 Å². The lowest BCUT2D eigenvalue weighted by atomic mass is 9.97. The number of benzene rings is 1. The number of hydrogen-bond acceptors (Lipinski definition) is 4. The van der Waals surface area contributed by atoms with Crippen molar-refractivity contribution in [3.05, 3.63) is 29.3 Å². The van der Waals surface area contributed by atoms with Crippen molar-refractivity contribution in [2.24, 2.45) is 5.41 Å². The number of nitrogens with one attached hydrogen (secondary N) is 2. The molecule has 0 atom stereocenters. The van der Waals surface area contributed by atoms with E-state index in [0.29, 0.717) is 17.8 Å². The number of rotatable bonds is 5. The topological polar surface area (TPSA) is 64.7 Å². The molecule has 144 valence electrons. The van der Waals surface area contributed by atoms with Crippen molar-refractivity contribution in [3.63, 3.8) is 0 Å². The Labute approximate surface area is 156 Å². The largest absolute Gasteiger partial charge is 0.336 e. The van der Waals surface area contributed by atoms with Gasteiger partial charge in [0.15, 0.2) is 0 Å². The number of carbonyl (C=O) groups is 2. The number of nitrogens with zero attached hydrogens (tertiary/aromatic N) is 2. The smallest absolute Gasteiger partial charge is 0.254 e. The van der Waals surface area contributed by atoms with E-state index in [1.165, 1.54) is 6.92 Å². The molecule has 0 saturated carbocycles. The minimum absolute atomic E-state index is 0.0300. The van der Waals surface area contributed by atoms with E-state index in [9.17, 15) is 9.59 Å². The SMILES string of the molecule is CC(=O)Nc1cc(CNCC(C)(C)C)cc(C(=O)N2CCN(C)CC2)c1. The lowest BCUT2D eigenvalue weighted by Crippen LogP contribution is -2.47. The van der Waals surface area contributed by atoms with Gasteiger partial charge in [-0.15, -0.1) is 0 Å². The van der Waals surface area contributed by atoms with Crippen LogP contribution >= 0.6 is 0 Å². The van der Waals surface area contributed by atoms with Crippen LogP contribution in [0.4, 0.5) is 5.69 Å². The summed E-state index contributed by atoms with van der Waals surface area (Å²) in [4.78, 5) is 28.5. The van der Waals surface area contributed by atoms with Gasteiger partial charge in [-0.05, 0) is 36.2 Å². The normalized spacial score (nSPS) is 15.8. The van der Waals surface area contributed by atoms with Gasteiger partial charge in [-0.25, -0.2) is 0 Å². The van der Waals surface area contributed by atoms with Crippen molar-refractivity contribution in [2.45, 2.75) is 34.2 Å². The van der Waals surface area contributed by atoms with E-state index in [4.69, 9.17) is 0 Å². The fourth-order valence-electron chi connectivity index (χ4n) is 2.97. The molecular weight excluding hydrogens is 328 g/mol. The summed E-state index contributed by atoms with van der Waals surface area (Å²) in [7, 11) is 2.07. The minimum atomic E-state index is -0.136. The molecule has 0 spiro atoms. The molecule has 2 amide bonds. The van der Waals surface area contributed by atoms with E-state index in [1.807, 2.05) is 17.0 Å². The van der Waals surface area contributed by atoms with E-state index in [0.717, 1.165) is 38.3 Å². The highest BCUT2D eigenvalue weighted by atomic mass is 16.2. The molecule has 1 aromatic rings. The van der Waals surface area contributed by atoms with Gasteiger partial charge in [0, 0.05) is 57.4 Å². The van der Waals surface area contributed by atoms with Crippen LogP contribution in [0, 0.1) is 5.41 Å². The molecule has 0 bridgehead atoms. The third kappa shape index (κ3) is 6.42. The summed E-state index contributed by atoms with van der Waals surface area (Å²) in [6.45, 7) is 12.8. The van der Waals surface area contributed by atoms with Crippen LogP contribution in [0.5, 0.6) is 0 Å². The second kappa shape index (κ2) is 8.64. The van der Waals surface area contributed by atoms with E-state index in [-0.39, 0.29) is 17.2 Å². The molecule has 1 saturated heterocycles. The molecule has 0 aliphatic carbocycles. The first kappa shape index (κ1) is 20.4. The van der Waals surface area contributed by atoms with Gasteiger partial charge in [0.1, 0.15) is 0 Å². The highest BCUT2D eigenvalue weighted by Gasteiger charge is 2.21. The van der Waals surface area contributed by atoms with Gasteiger partial charge in [-0.3, -0.25) is 9.59 Å². The molecule has 6 heteroatoms. The Kier molecular flexibility index (Phi) is 6.78.